The molecule has 1 atom stereocenters. The lowest BCUT2D eigenvalue weighted by Gasteiger charge is -2.18. The fraction of sp³-hybridized carbons (Fsp3) is 0.556. The van der Waals surface area contributed by atoms with Crippen LogP contribution >= 0.6 is 0 Å². The maximum Gasteiger partial charge on any atom is 0.0489 e. The molecule has 0 fully saturated rings. The van der Waals surface area contributed by atoms with E-state index in [1.54, 1.807) is 0 Å². The van der Waals surface area contributed by atoms with E-state index in [2.05, 4.69) is 57.1 Å². The maximum absolute atomic E-state index is 3.71. The fourth-order valence-electron chi connectivity index (χ4n) is 3.17. The van der Waals surface area contributed by atoms with Gasteiger partial charge in [-0.1, -0.05) is 32.4 Å². The van der Waals surface area contributed by atoms with Crippen LogP contribution in [0.1, 0.15) is 62.0 Å². The largest absolute Gasteiger partial charge is 0.358 e. The first-order chi connectivity index (χ1) is 9.62. The van der Waals surface area contributed by atoms with E-state index < -0.39 is 0 Å². The second-order valence-corrected chi connectivity index (χ2v) is 5.79. The molecule has 0 bridgehead atoms. The van der Waals surface area contributed by atoms with Crippen molar-refractivity contribution >= 4 is 10.9 Å². The standard InChI is InChI=1S/C18H28N2/c1-6-9-19-15(7-2)17-14-11-12(4)10-13(5)18(14)20-16(17)8-3/h10-11,15,19-20H,6-9H2,1-5H3. The highest BCUT2D eigenvalue weighted by Gasteiger charge is 2.19. The second-order valence-electron chi connectivity index (χ2n) is 5.79. The molecule has 2 heteroatoms. The predicted molar refractivity (Wildman–Crippen MR) is 88.5 cm³/mol. The van der Waals surface area contributed by atoms with Crippen molar-refractivity contribution in [3.63, 3.8) is 0 Å². The smallest absolute Gasteiger partial charge is 0.0489 e. The number of H-pyrrole nitrogens is 1. The van der Waals surface area contributed by atoms with Gasteiger partial charge in [0.1, 0.15) is 0 Å². The molecule has 2 aromatic rings. The zero-order valence-corrected chi connectivity index (χ0v) is 13.6. The Kier molecular flexibility index (Phi) is 4.87. The fourth-order valence-corrected chi connectivity index (χ4v) is 3.17. The van der Waals surface area contributed by atoms with Crippen LogP contribution in [-0.4, -0.2) is 11.5 Å². The van der Waals surface area contributed by atoms with Gasteiger partial charge in [-0.3, -0.25) is 0 Å². The first kappa shape index (κ1) is 15.1. The van der Waals surface area contributed by atoms with E-state index in [1.807, 2.05) is 0 Å². The van der Waals surface area contributed by atoms with E-state index in [9.17, 15) is 0 Å². The van der Waals surface area contributed by atoms with Gasteiger partial charge in [0.2, 0.25) is 0 Å². The lowest BCUT2D eigenvalue weighted by atomic mass is 9.97. The molecule has 110 valence electrons. The molecule has 0 aliphatic heterocycles. The van der Waals surface area contributed by atoms with Gasteiger partial charge in [0.15, 0.2) is 0 Å². The van der Waals surface area contributed by atoms with Crippen LogP contribution in [0.3, 0.4) is 0 Å². The number of hydrogen-bond acceptors (Lipinski definition) is 1. The zero-order chi connectivity index (χ0) is 14.7. The molecule has 0 amide bonds. The van der Waals surface area contributed by atoms with Crippen molar-refractivity contribution in [1.29, 1.82) is 0 Å². The number of nitrogens with one attached hydrogen (secondary N) is 2. The highest BCUT2D eigenvalue weighted by Crippen LogP contribution is 2.32. The van der Waals surface area contributed by atoms with Crippen molar-refractivity contribution < 1.29 is 0 Å². The summed E-state index contributed by atoms with van der Waals surface area (Å²) in [7, 11) is 0. The molecule has 0 aliphatic carbocycles. The summed E-state index contributed by atoms with van der Waals surface area (Å²) >= 11 is 0. The highest BCUT2D eigenvalue weighted by molar-refractivity contribution is 5.88. The average molecular weight is 272 g/mol. The number of aryl methyl sites for hydroxylation is 3. The van der Waals surface area contributed by atoms with Crippen LogP contribution in [0, 0.1) is 13.8 Å². The van der Waals surface area contributed by atoms with Gasteiger partial charge in [-0.2, -0.15) is 0 Å². The summed E-state index contributed by atoms with van der Waals surface area (Å²) in [4.78, 5) is 3.66. The molecule has 1 aromatic carbocycles. The Balaban J connectivity index is 2.59. The molecule has 0 saturated heterocycles. The van der Waals surface area contributed by atoms with Crippen molar-refractivity contribution in [1.82, 2.24) is 10.3 Å². The molecular formula is C18H28N2. The molecule has 0 spiro atoms. The van der Waals surface area contributed by atoms with E-state index in [-0.39, 0.29) is 0 Å². The molecular weight excluding hydrogens is 244 g/mol. The summed E-state index contributed by atoms with van der Waals surface area (Å²) in [6, 6.07) is 5.06. The lowest BCUT2D eigenvalue weighted by molar-refractivity contribution is 0.518. The summed E-state index contributed by atoms with van der Waals surface area (Å²) in [5, 5.41) is 5.12. The molecule has 20 heavy (non-hydrogen) atoms. The minimum absolute atomic E-state index is 0.458. The first-order valence-corrected chi connectivity index (χ1v) is 7.97. The Morgan fingerprint density at radius 3 is 2.50 bits per heavy atom. The van der Waals surface area contributed by atoms with E-state index in [4.69, 9.17) is 0 Å². The topological polar surface area (TPSA) is 27.8 Å². The molecule has 1 aromatic heterocycles. The van der Waals surface area contributed by atoms with Gasteiger partial charge in [-0.05, 0) is 56.8 Å². The average Bonchev–Trinajstić information content (AvgIpc) is 2.79. The van der Waals surface area contributed by atoms with Gasteiger partial charge in [0.05, 0.1) is 0 Å². The van der Waals surface area contributed by atoms with Gasteiger partial charge in [0.25, 0.3) is 0 Å². The number of benzene rings is 1. The van der Waals surface area contributed by atoms with E-state index in [0.29, 0.717) is 6.04 Å². The van der Waals surface area contributed by atoms with E-state index in [0.717, 1.165) is 19.4 Å². The van der Waals surface area contributed by atoms with Crippen molar-refractivity contribution in [3.8, 4) is 0 Å². The Hall–Kier alpha value is -1.28. The van der Waals surface area contributed by atoms with E-state index in [1.165, 1.54) is 39.7 Å². The minimum Gasteiger partial charge on any atom is -0.358 e. The second kappa shape index (κ2) is 6.45. The van der Waals surface area contributed by atoms with Crippen LogP contribution < -0.4 is 5.32 Å². The summed E-state index contributed by atoms with van der Waals surface area (Å²) in [6.07, 6.45) is 3.37. The Labute approximate surface area is 123 Å². The predicted octanol–water partition coefficient (Wildman–Crippen LogP) is 4.80. The van der Waals surface area contributed by atoms with Gasteiger partial charge in [-0.25, -0.2) is 0 Å². The lowest BCUT2D eigenvalue weighted by Crippen LogP contribution is -2.22. The van der Waals surface area contributed by atoms with Crippen molar-refractivity contribution in [2.75, 3.05) is 6.54 Å². The van der Waals surface area contributed by atoms with E-state index >= 15 is 0 Å². The summed E-state index contributed by atoms with van der Waals surface area (Å²) in [5.74, 6) is 0. The highest BCUT2D eigenvalue weighted by atomic mass is 14.9. The van der Waals surface area contributed by atoms with Crippen LogP contribution in [0.15, 0.2) is 12.1 Å². The molecule has 2 nitrogen and oxygen atoms in total. The van der Waals surface area contributed by atoms with Crippen molar-refractivity contribution in [3.05, 3.63) is 34.5 Å². The quantitative estimate of drug-likeness (QED) is 0.777. The number of rotatable bonds is 6. The van der Waals surface area contributed by atoms with Gasteiger partial charge in [0, 0.05) is 22.6 Å². The maximum atomic E-state index is 3.71. The normalized spacial score (nSPS) is 13.1. The van der Waals surface area contributed by atoms with Crippen LogP contribution in [-0.2, 0) is 6.42 Å². The third kappa shape index (κ3) is 2.76. The molecule has 2 rings (SSSR count). The summed E-state index contributed by atoms with van der Waals surface area (Å²) < 4.78 is 0. The Morgan fingerprint density at radius 2 is 1.90 bits per heavy atom. The van der Waals surface area contributed by atoms with Gasteiger partial charge >= 0.3 is 0 Å². The van der Waals surface area contributed by atoms with Crippen LogP contribution in [0.2, 0.25) is 0 Å². The van der Waals surface area contributed by atoms with Crippen LogP contribution in [0.4, 0.5) is 0 Å². The monoisotopic (exact) mass is 272 g/mol. The first-order valence-electron chi connectivity index (χ1n) is 7.97. The third-order valence-electron chi connectivity index (χ3n) is 4.12. The number of fused-ring (bicyclic) bond motifs is 1. The number of hydrogen-bond donors (Lipinski definition) is 2. The number of aromatic amines is 1. The molecule has 0 radical (unpaired) electrons. The SMILES string of the molecule is CCCNC(CC)c1c(CC)[nH]c2c(C)cc(C)cc12. The Bertz CT molecular complexity index is 581. The van der Waals surface area contributed by atoms with Crippen LogP contribution in [0.5, 0.6) is 0 Å². The molecule has 0 saturated carbocycles. The molecule has 2 N–H and O–H groups in total. The molecule has 1 unspecified atom stereocenters. The summed E-state index contributed by atoms with van der Waals surface area (Å²) in [5.41, 5.74) is 6.91. The molecule has 0 aliphatic rings. The number of aromatic nitrogens is 1. The minimum atomic E-state index is 0.458. The van der Waals surface area contributed by atoms with Crippen molar-refractivity contribution in [2.45, 2.75) is 59.9 Å². The van der Waals surface area contributed by atoms with Crippen molar-refractivity contribution in [2.24, 2.45) is 0 Å². The van der Waals surface area contributed by atoms with Crippen LogP contribution in [0.25, 0.3) is 10.9 Å². The third-order valence-corrected chi connectivity index (χ3v) is 4.12. The zero-order valence-electron chi connectivity index (χ0n) is 13.6. The Morgan fingerprint density at radius 1 is 1.15 bits per heavy atom. The molecule has 1 heterocycles. The summed E-state index contributed by atoms with van der Waals surface area (Å²) in [6.45, 7) is 12.2. The van der Waals surface area contributed by atoms with Gasteiger partial charge in [-0.15, -0.1) is 0 Å². The van der Waals surface area contributed by atoms with Gasteiger partial charge < -0.3 is 10.3 Å².